The number of likely N-dealkylation sites (N-methyl/N-ethyl adjacent to an activating group) is 1. The zero-order valence-corrected chi connectivity index (χ0v) is 10.5. The Morgan fingerprint density at radius 3 is 2.53 bits per heavy atom. The van der Waals surface area contributed by atoms with Gasteiger partial charge in [0.25, 0.3) is 0 Å². The summed E-state index contributed by atoms with van der Waals surface area (Å²) in [6.07, 6.45) is -0.654. The van der Waals surface area contributed by atoms with E-state index in [1.165, 1.54) is 5.56 Å². The van der Waals surface area contributed by atoms with Crippen molar-refractivity contribution in [3.8, 4) is 0 Å². The Morgan fingerprint density at radius 1 is 1.35 bits per heavy atom. The minimum atomic E-state index is -0.889. The summed E-state index contributed by atoms with van der Waals surface area (Å²) in [5.74, 6) is -0.889. The lowest BCUT2D eigenvalue weighted by Gasteiger charge is -2.19. The molecule has 0 saturated carbocycles. The molecule has 4 nitrogen and oxygen atoms in total. The van der Waals surface area contributed by atoms with Gasteiger partial charge in [-0.3, -0.25) is 9.69 Å². The van der Waals surface area contributed by atoms with Crippen LogP contribution in [0.3, 0.4) is 0 Å². The van der Waals surface area contributed by atoms with Crippen LogP contribution in [0.5, 0.6) is 0 Å². The van der Waals surface area contributed by atoms with E-state index in [-0.39, 0.29) is 6.54 Å². The van der Waals surface area contributed by atoms with Crippen molar-refractivity contribution in [3.63, 3.8) is 0 Å². The summed E-state index contributed by atoms with van der Waals surface area (Å²) >= 11 is 0. The molecule has 0 aliphatic carbocycles. The topological polar surface area (TPSA) is 60.8 Å². The number of aliphatic hydroxyl groups is 1. The van der Waals surface area contributed by atoms with Crippen molar-refractivity contribution in [2.24, 2.45) is 0 Å². The lowest BCUT2D eigenvalue weighted by atomic mass is 10.0. The van der Waals surface area contributed by atoms with Crippen LogP contribution in [0.1, 0.15) is 22.8 Å². The molecular weight excluding hydrogens is 218 g/mol. The highest BCUT2D eigenvalue weighted by molar-refractivity contribution is 5.69. The van der Waals surface area contributed by atoms with Gasteiger partial charge in [0.2, 0.25) is 0 Å². The first kappa shape index (κ1) is 13.7. The Bertz CT molecular complexity index is 404. The van der Waals surface area contributed by atoms with Crippen LogP contribution >= 0.6 is 0 Å². The first-order valence-electron chi connectivity index (χ1n) is 5.55. The third-order valence-electron chi connectivity index (χ3n) is 2.81. The van der Waals surface area contributed by atoms with Crippen LogP contribution in [0.4, 0.5) is 0 Å². The molecule has 1 aromatic rings. The standard InChI is InChI=1S/C13H19NO3/c1-9-4-5-11(6-10(9)2)12(15)7-14(3)8-13(16)17/h4-6,12,15H,7-8H2,1-3H3,(H,16,17). The molecule has 0 bridgehead atoms. The summed E-state index contributed by atoms with van der Waals surface area (Å²) in [7, 11) is 1.68. The molecule has 1 atom stereocenters. The molecule has 0 radical (unpaired) electrons. The van der Waals surface area contributed by atoms with Crippen LogP contribution in [0, 0.1) is 13.8 Å². The Labute approximate surface area is 101 Å². The lowest BCUT2D eigenvalue weighted by molar-refractivity contribution is -0.138. The predicted octanol–water partition coefficient (Wildman–Crippen LogP) is 1.35. The molecule has 1 aromatic carbocycles. The molecule has 0 fully saturated rings. The average Bonchev–Trinajstić information content (AvgIpc) is 2.20. The van der Waals surface area contributed by atoms with Gasteiger partial charge in [0.15, 0.2) is 0 Å². The molecule has 0 spiro atoms. The van der Waals surface area contributed by atoms with Crippen LogP contribution in [0.15, 0.2) is 18.2 Å². The zero-order valence-electron chi connectivity index (χ0n) is 10.5. The first-order chi connectivity index (χ1) is 7.90. The molecule has 17 heavy (non-hydrogen) atoms. The third-order valence-corrected chi connectivity index (χ3v) is 2.81. The first-order valence-corrected chi connectivity index (χ1v) is 5.55. The molecule has 0 aromatic heterocycles. The fourth-order valence-corrected chi connectivity index (χ4v) is 1.67. The molecule has 1 unspecified atom stereocenters. The second-order valence-electron chi connectivity index (χ2n) is 4.45. The average molecular weight is 237 g/mol. The van der Waals surface area contributed by atoms with Crippen LogP contribution in [-0.4, -0.2) is 41.2 Å². The SMILES string of the molecule is Cc1ccc(C(O)CN(C)CC(=O)O)cc1C. The van der Waals surface area contributed by atoms with Gasteiger partial charge in [0, 0.05) is 6.54 Å². The molecule has 0 heterocycles. The number of rotatable bonds is 5. The van der Waals surface area contributed by atoms with Gasteiger partial charge in [0.1, 0.15) is 0 Å². The third kappa shape index (κ3) is 4.17. The van der Waals surface area contributed by atoms with Crippen LogP contribution in [0.25, 0.3) is 0 Å². The van der Waals surface area contributed by atoms with E-state index < -0.39 is 12.1 Å². The van der Waals surface area contributed by atoms with Gasteiger partial charge < -0.3 is 10.2 Å². The predicted molar refractivity (Wildman–Crippen MR) is 66.0 cm³/mol. The van der Waals surface area contributed by atoms with Crippen LogP contribution in [-0.2, 0) is 4.79 Å². The second kappa shape index (κ2) is 5.80. The van der Waals surface area contributed by atoms with Gasteiger partial charge in [-0.15, -0.1) is 0 Å². The Morgan fingerprint density at radius 2 is 2.00 bits per heavy atom. The van der Waals surface area contributed by atoms with E-state index in [2.05, 4.69) is 0 Å². The maximum absolute atomic E-state index is 10.5. The van der Waals surface area contributed by atoms with Gasteiger partial charge in [-0.25, -0.2) is 0 Å². The number of carboxylic acids is 1. The Kier molecular flexibility index (Phi) is 4.66. The quantitative estimate of drug-likeness (QED) is 0.811. The molecule has 94 valence electrons. The van der Waals surface area contributed by atoms with Gasteiger partial charge in [0.05, 0.1) is 12.6 Å². The molecule has 0 aliphatic heterocycles. The number of carbonyl (C=O) groups is 1. The van der Waals surface area contributed by atoms with E-state index in [0.29, 0.717) is 6.54 Å². The van der Waals surface area contributed by atoms with E-state index in [1.807, 2.05) is 32.0 Å². The summed E-state index contributed by atoms with van der Waals surface area (Å²) in [4.78, 5) is 12.1. The van der Waals surface area contributed by atoms with Crippen molar-refractivity contribution in [1.29, 1.82) is 0 Å². The maximum Gasteiger partial charge on any atom is 0.317 e. The van der Waals surface area contributed by atoms with E-state index in [1.54, 1.807) is 11.9 Å². The number of aryl methyl sites for hydroxylation is 2. The zero-order chi connectivity index (χ0) is 13.0. The number of hydrogen-bond donors (Lipinski definition) is 2. The molecule has 4 heteroatoms. The summed E-state index contributed by atoms with van der Waals surface area (Å²) < 4.78 is 0. The fourth-order valence-electron chi connectivity index (χ4n) is 1.67. The maximum atomic E-state index is 10.5. The number of aliphatic hydroxyl groups excluding tert-OH is 1. The summed E-state index contributed by atoms with van der Waals surface area (Å²) in [5.41, 5.74) is 3.13. The highest BCUT2D eigenvalue weighted by atomic mass is 16.4. The highest BCUT2D eigenvalue weighted by Crippen LogP contribution is 2.17. The largest absolute Gasteiger partial charge is 0.480 e. The molecule has 0 saturated heterocycles. The minimum Gasteiger partial charge on any atom is -0.480 e. The minimum absolute atomic E-state index is 0.0676. The summed E-state index contributed by atoms with van der Waals surface area (Å²) in [6.45, 7) is 4.26. The summed E-state index contributed by atoms with van der Waals surface area (Å²) in [6, 6.07) is 5.78. The lowest BCUT2D eigenvalue weighted by Crippen LogP contribution is -2.29. The number of carboxylic acid groups (broad SMARTS) is 1. The molecule has 1 rings (SSSR count). The van der Waals surface area contributed by atoms with Crippen molar-refractivity contribution in [2.45, 2.75) is 20.0 Å². The number of aliphatic carboxylic acids is 1. The van der Waals surface area contributed by atoms with Crippen LogP contribution in [0.2, 0.25) is 0 Å². The van der Waals surface area contributed by atoms with Crippen molar-refractivity contribution >= 4 is 5.97 Å². The molecule has 0 amide bonds. The van der Waals surface area contributed by atoms with E-state index in [9.17, 15) is 9.90 Å². The van der Waals surface area contributed by atoms with E-state index in [4.69, 9.17) is 5.11 Å². The number of hydrogen-bond acceptors (Lipinski definition) is 3. The number of nitrogens with zero attached hydrogens (tertiary/aromatic N) is 1. The summed E-state index contributed by atoms with van der Waals surface area (Å²) in [5, 5.41) is 18.6. The van der Waals surface area contributed by atoms with E-state index >= 15 is 0 Å². The number of benzene rings is 1. The Balaban J connectivity index is 2.66. The molecule has 0 aliphatic rings. The van der Waals surface area contributed by atoms with Gasteiger partial charge in [-0.2, -0.15) is 0 Å². The molecule has 2 N–H and O–H groups in total. The van der Waals surface area contributed by atoms with Crippen LogP contribution < -0.4 is 0 Å². The Hall–Kier alpha value is -1.39. The second-order valence-corrected chi connectivity index (χ2v) is 4.45. The van der Waals surface area contributed by atoms with Gasteiger partial charge in [-0.1, -0.05) is 18.2 Å². The fraction of sp³-hybridized carbons (Fsp3) is 0.462. The van der Waals surface area contributed by atoms with Gasteiger partial charge in [-0.05, 0) is 37.6 Å². The highest BCUT2D eigenvalue weighted by Gasteiger charge is 2.13. The normalized spacial score (nSPS) is 12.8. The smallest absolute Gasteiger partial charge is 0.317 e. The van der Waals surface area contributed by atoms with E-state index in [0.717, 1.165) is 11.1 Å². The molecular formula is C13H19NO3. The van der Waals surface area contributed by atoms with Crippen molar-refractivity contribution in [1.82, 2.24) is 4.90 Å². The monoisotopic (exact) mass is 237 g/mol. The van der Waals surface area contributed by atoms with Crippen molar-refractivity contribution < 1.29 is 15.0 Å². The van der Waals surface area contributed by atoms with Gasteiger partial charge >= 0.3 is 5.97 Å². The van der Waals surface area contributed by atoms with Crippen molar-refractivity contribution in [2.75, 3.05) is 20.1 Å². The van der Waals surface area contributed by atoms with Crippen molar-refractivity contribution in [3.05, 3.63) is 34.9 Å².